The normalized spacial score (nSPS) is 10.6. The number of hydrogen-bond acceptors (Lipinski definition) is 4. The molecule has 12 heavy (non-hydrogen) atoms. The van der Waals surface area contributed by atoms with Gasteiger partial charge in [0.25, 0.3) is 0 Å². The predicted octanol–water partition coefficient (Wildman–Crippen LogP) is 0.341. The van der Waals surface area contributed by atoms with Crippen LogP contribution in [0.25, 0.3) is 0 Å². The highest BCUT2D eigenvalue weighted by molar-refractivity contribution is 7.86. The fraction of sp³-hybridized carbons (Fsp3) is 0.500. The van der Waals surface area contributed by atoms with Gasteiger partial charge in [0.2, 0.25) is 5.76 Å². The van der Waals surface area contributed by atoms with Gasteiger partial charge in [-0.05, 0) is 19.4 Å². The molecule has 0 fully saturated rings. The lowest BCUT2D eigenvalue weighted by Gasteiger charge is -2.04. The van der Waals surface area contributed by atoms with E-state index in [9.17, 15) is 13.2 Å². The van der Waals surface area contributed by atoms with E-state index in [1.165, 1.54) is 13.8 Å². The lowest BCUT2D eigenvalue weighted by Crippen LogP contribution is -2.11. The first-order chi connectivity index (χ1) is 5.24. The van der Waals surface area contributed by atoms with Gasteiger partial charge in [-0.3, -0.25) is 0 Å². The Morgan fingerprint density at radius 2 is 1.75 bits per heavy atom. The molecule has 1 N–H and O–H groups in total. The van der Waals surface area contributed by atoms with Crippen molar-refractivity contribution in [1.29, 1.82) is 0 Å². The first-order valence-electron chi connectivity index (χ1n) is 3.04. The molecule has 0 unspecified atom stereocenters. The second-order valence-electron chi connectivity index (χ2n) is 2.42. The number of carboxylic acid groups (broad SMARTS) is 1. The predicted molar refractivity (Wildman–Crippen MR) is 41.9 cm³/mol. The quantitative estimate of drug-likeness (QED) is 0.398. The van der Waals surface area contributed by atoms with Crippen molar-refractivity contribution in [2.45, 2.75) is 13.8 Å². The largest absolute Gasteiger partial charge is 0.475 e. The lowest BCUT2D eigenvalue weighted by molar-refractivity contribution is -0.135. The Morgan fingerprint density at radius 3 is 1.83 bits per heavy atom. The maximum absolute atomic E-state index is 10.5. The first kappa shape index (κ1) is 11.0. The number of rotatable bonds is 3. The molecule has 0 rings (SSSR count). The van der Waals surface area contributed by atoms with Gasteiger partial charge < -0.3 is 9.29 Å². The van der Waals surface area contributed by atoms with E-state index in [0.29, 0.717) is 5.57 Å². The lowest BCUT2D eigenvalue weighted by atomic mass is 10.3. The van der Waals surface area contributed by atoms with Crippen molar-refractivity contribution >= 4 is 16.1 Å². The van der Waals surface area contributed by atoms with Crippen molar-refractivity contribution in [3.8, 4) is 0 Å². The minimum absolute atomic E-state index is 0.299. The molecule has 0 atom stereocenters. The van der Waals surface area contributed by atoms with Crippen LogP contribution in [0.4, 0.5) is 0 Å². The van der Waals surface area contributed by atoms with Gasteiger partial charge in [0.1, 0.15) is 0 Å². The Bertz CT molecular complexity index is 307. The summed E-state index contributed by atoms with van der Waals surface area (Å²) in [6.07, 6.45) is 0.791. The summed E-state index contributed by atoms with van der Waals surface area (Å²) in [7, 11) is -3.75. The molecule has 0 aliphatic heterocycles. The number of hydrogen-bond donors (Lipinski definition) is 1. The van der Waals surface area contributed by atoms with E-state index in [2.05, 4.69) is 4.18 Å². The summed E-state index contributed by atoms with van der Waals surface area (Å²) in [6.45, 7) is 2.91. The third-order valence-corrected chi connectivity index (χ3v) is 1.35. The summed E-state index contributed by atoms with van der Waals surface area (Å²) in [4.78, 5) is 10.4. The minimum Gasteiger partial charge on any atom is -0.475 e. The fourth-order valence-electron chi connectivity index (χ4n) is 0.484. The van der Waals surface area contributed by atoms with Crippen LogP contribution in [-0.2, 0) is 19.1 Å². The van der Waals surface area contributed by atoms with Gasteiger partial charge in [0, 0.05) is 0 Å². The van der Waals surface area contributed by atoms with Crippen molar-refractivity contribution < 1.29 is 22.5 Å². The molecule has 0 bridgehead atoms. The number of allylic oxidation sites excluding steroid dienone is 1. The van der Waals surface area contributed by atoms with Gasteiger partial charge in [-0.2, -0.15) is 8.42 Å². The van der Waals surface area contributed by atoms with Gasteiger partial charge in [-0.15, -0.1) is 0 Å². The molecule has 0 saturated carbocycles. The van der Waals surface area contributed by atoms with Crippen LogP contribution in [0.3, 0.4) is 0 Å². The summed E-state index contributed by atoms with van der Waals surface area (Å²) in [5.41, 5.74) is 0.299. The van der Waals surface area contributed by atoms with E-state index in [0.717, 1.165) is 6.26 Å². The Labute approximate surface area is 70.8 Å². The highest BCUT2D eigenvalue weighted by atomic mass is 32.2. The van der Waals surface area contributed by atoms with Gasteiger partial charge in [-0.25, -0.2) is 4.79 Å². The summed E-state index contributed by atoms with van der Waals surface area (Å²) < 4.78 is 25.3. The Balaban J connectivity index is 4.85. The molecule has 0 aliphatic carbocycles. The molecule has 0 aromatic rings. The van der Waals surface area contributed by atoms with Crippen molar-refractivity contribution in [2.75, 3.05) is 6.26 Å². The average Bonchev–Trinajstić information content (AvgIpc) is 1.79. The molecule has 6 heteroatoms. The molecule has 0 heterocycles. The Kier molecular flexibility index (Phi) is 3.26. The fourth-order valence-corrected chi connectivity index (χ4v) is 1.02. The standard InChI is InChI=1S/C6H10O5S/c1-4(2)5(6(7)8)11-12(3,9)10/h1-3H3,(H,7,8). The molecular weight excluding hydrogens is 184 g/mol. The van der Waals surface area contributed by atoms with Crippen LogP contribution in [0.2, 0.25) is 0 Å². The van der Waals surface area contributed by atoms with Crippen LogP contribution < -0.4 is 0 Å². The average molecular weight is 194 g/mol. The molecule has 70 valence electrons. The Morgan fingerprint density at radius 1 is 1.33 bits per heavy atom. The minimum atomic E-state index is -3.75. The Hall–Kier alpha value is -1.04. The van der Waals surface area contributed by atoms with E-state index in [1.54, 1.807) is 0 Å². The van der Waals surface area contributed by atoms with Gasteiger partial charge in [0.15, 0.2) is 0 Å². The van der Waals surface area contributed by atoms with E-state index >= 15 is 0 Å². The molecule has 5 nitrogen and oxygen atoms in total. The molecule has 0 amide bonds. The maximum Gasteiger partial charge on any atom is 0.372 e. The van der Waals surface area contributed by atoms with Crippen LogP contribution in [0.5, 0.6) is 0 Å². The van der Waals surface area contributed by atoms with Crippen LogP contribution in [0, 0.1) is 0 Å². The van der Waals surface area contributed by atoms with Gasteiger partial charge in [0.05, 0.1) is 6.26 Å². The molecule has 0 saturated heterocycles. The maximum atomic E-state index is 10.5. The zero-order chi connectivity index (χ0) is 9.94. The third-order valence-electron chi connectivity index (χ3n) is 0.883. The summed E-state index contributed by atoms with van der Waals surface area (Å²) >= 11 is 0. The number of aliphatic carboxylic acids is 1. The SMILES string of the molecule is CC(C)=C(OS(C)(=O)=O)C(=O)O. The van der Waals surface area contributed by atoms with Gasteiger partial charge >= 0.3 is 16.1 Å². The number of carboxylic acids is 1. The molecule has 0 radical (unpaired) electrons. The first-order valence-corrected chi connectivity index (χ1v) is 4.86. The second-order valence-corrected chi connectivity index (χ2v) is 4.00. The van der Waals surface area contributed by atoms with E-state index < -0.39 is 21.8 Å². The topological polar surface area (TPSA) is 80.7 Å². The van der Waals surface area contributed by atoms with Crippen molar-refractivity contribution in [3.63, 3.8) is 0 Å². The summed E-state index contributed by atoms with van der Waals surface area (Å²) in [5, 5.41) is 8.46. The zero-order valence-corrected chi connectivity index (χ0v) is 7.80. The van der Waals surface area contributed by atoms with Crippen molar-refractivity contribution in [3.05, 3.63) is 11.3 Å². The molecule has 0 spiro atoms. The van der Waals surface area contributed by atoms with E-state index in [4.69, 9.17) is 5.11 Å². The highest BCUT2D eigenvalue weighted by Crippen LogP contribution is 2.08. The van der Waals surface area contributed by atoms with Crippen LogP contribution in [0.1, 0.15) is 13.8 Å². The highest BCUT2D eigenvalue weighted by Gasteiger charge is 2.16. The summed E-state index contributed by atoms with van der Waals surface area (Å²) in [5.74, 6) is -1.93. The van der Waals surface area contributed by atoms with E-state index in [-0.39, 0.29) is 0 Å². The van der Waals surface area contributed by atoms with Gasteiger partial charge in [-0.1, -0.05) is 0 Å². The van der Waals surface area contributed by atoms with Crippen molar-refractivity contribution in [2.24, 2.45) is 0 Å². The molecule has 0 aromatic heterocycles. The molecule has 0 aliphatic rings. The van der Waals surface area contributed by atoms with E-state index in [1.807, 2.05) is 0 Å². The third kappa shape index (κ3) is 3.97. The van der Waals surface area contributed by atoms with Crippen LogP contribution in [-0.4, -0.2) is 25.7 Å². The smallest absolute Gasteiger partial charge is 0.372 e. The number of carbonyl (C=O) groups is 1. The molecular formula is C6H10O5S. The molecule has 0 aromatic carbocycles. The summed E-state index contributed by atoms with van der Waals surface area (Å²) in [6, 6.07) is 0. The van der Waals surface area contributed by atoms with Crippen LogP contribution >= 0.6 is 0 Å². The van der Waals surface area contributed by atoms with Crippen molar-refractivity contribution in [1.82, 2.24) is 0 Å². The monoisotopic (exact) mass is 194 g/mol. The van der Waals surface area contributed by atoms with Crippen LogP contribution in [0.15, 0.2) is 11.3 Å². The second kappa shape index (κ2) is 3.57. The zero-order valence-electron chi connectivity index (χ0n) is 6.99.